The molecular weight excluding hydrogens is 457 g/mol. The molecule has 1 saturated carbocycles. The summed E-state index contributed by atoms with van der Waals surface area (Å²) in [6.07, 6.45) is 7.10. The van der Waals surface area contributed by atoms with E-state index in [-0.39, 0.29) is 40.5 Å². The Balaban J connectivity index is 1.32. The summed E-state index contributed by atoms with van der Waals surface area (Å²) in [4.78, 5) is 27.8. The van der Waals surface area contributed by atoms with E-state index in [9.17, 15) is 18.0 Å². The first-order valence-corrected chi connectivity index (χ1v) is 11.4. The number of aromatic nitrogens is 4. The molecule has 0 bridgehead atoms. The summed E-state index contributed by atoms with van der Waals surface area (Å²) in [5, 5.41) is 6.41. The van der Waals surface area contributed by atoms with E-state index in [1.54, 1.807) is 12.3 Å². The molecule has 3 N–H and O–H groups in total. The fourth-order valence-corrected chi connectivity index (χ4v) is 4.50. The molecule has 3 aromatic heterocycles. The molecule has 1 aromatic carbocycles. The highest BCUT2D eigenvalue weighted by molar-refractivity contribution is 5.94. The fraction of sp³-hybridized carbons (Fsp3) is 0.280. The van der Waals surface area contributed by atoms with Crippen molar-refractivity contribution in [1.29, 1.82) is 0 Å². The third-order valence-electron chi connectivity index (χ3n) is 6.19. The second-order valence-corrected chi connectivity index (χ2v) is 8.80. The highest BCUT2D eigenvalue weighted by atomic mass is 19.1. The lowest BCUT2D eigenvalue weighted by molar-refractivity contribution is 0.0921. The van der Waals surface area contributed by atoms with Gasteiger partial charge in [-0.25, -0.2) is 23.1 Å². The average molecular weight is 480 g/mol. The third-order valence-corrected chi connectivity index (χ3v) is 6.19. The molecule has 1 aliphatic rings. The summed E-state index contributed by atoms with van der Waals surface area (Å²) in [5.74, 6) is -2.21. The van der Waals surface area contributed by atoms with Gasteiger partial charge in [0.05, 0.1) is 11.7 Å². The Kier molecular flexibility index (Phi) is 6.10. The lowest BCUT2D eigenvalue weighted by atomic mass is 9.91. The van der Waals surface area contributed by atoms with Crippen LogP contribution in [0.1, 0.15) is 41.7 Å². The van der Waals surface area contributed by atoms with Crippen molar-refractivity contribution < 1.29 is 18.0 Å². The number of benzene rings is 1. The summed E-state index contributed by atoms with van der Waals surface area (Å²) >= 11 is 0. The van der Waals surface area contributed by atoms with Crippen molar-refractivity contribution in [3.63, 3.8) is 0 Å². The number of aromatic amines is 1. The molecule has 0 radical (unpaired) electrons. The second kappa shape index (κ2) is 9.36. The molecule has 1 unspecified atom stereocenters. The summed E-state index contributed by atoms with van der Waals surface area (Å²) in [7, 11) is 0. The highest BCUT2D eigenvalue weighted by Gasteiger charge is 2.25. The maximum absolute atomic E-state index is 14.6. The van der Waals surface area contributed by atoms with Crippen LogP contribution in [0.2, 0.25) is 0 Å². The van der Waals surface area contributed by atoms with Gasteiger partial charge >= 0.3 is 0 Å². The van der Waals surface area contributed by atoms with Gasteiger partial charge < -0.3 is 15.6 Å². The van der Waals surface area contributed by atoms with E-state index in [4.69, 9.17) is 0 Å². The van der Waals surface area contributed by atoms with Crippen LogP contribution in [-0.4, -0.2) is 37.9 Å². The smallest absolute Gasteiger partial charge is 0.270 e. The Bertz CT molecular complexity index is 1410. The number of fused-ring (bicyclic) bond motifs is 1. The summed E-state index contributed by atoms with van der Waals surface area (Å²) < 4.78 is 42.4. The highest BCUT2D eigenvalue weighted by Crippen LogP contribution is 2.30. The van der Waals surface area contributed by atoms with Gasteiger partial charge in [-0.05, 0) is 56.4 Å². The molecule has 1 aliphatic carbocycles. The van der Waals surface area contributed by atoms with Crippen LogP contribution >= 0.6 is 0 Å². The molecule has 3 heterocycles. The largest absolute Gasteiger partial charge is 0.365 e. The van der Waals surface area contributed by atoms with Crippen LogP contribution in [0.5, 0.6) is 0 Å². The number of hydrogen-bond acceptors (Lipinski definition) is 5. The Labute approximate surface area is 199 Å². The molecule has 7 nitrogen and oxygen atoms in total. The number of anilines is 1. The zero-order valence-corrected chi connectivity index (χ0v) is 18.9. The van der Waals surface area contributed by atoms with Gasteiger partial charge in [-0.1, -0.05) is 0 Å². The van der Waals surface area contributed by atoms with Crippen LogP contribution in [0, 0.1) is 24.4 Å². The van der Waals surface area contributed by atoms with Crippen molar-refractivity contribution >= 4 is 22.6 Å². The maximum atomic E-state index is 14.6. The lowest BCUT2D eigenvalue weighted by Gasteiger charge is -2.30. The SMILES string of the molecule is Cc1ccnc(C(=O)NC2CCC[C@H](Nc3nc(-c4c[nH]c5c(F)cc(F)cc45)ncc3F)C2)c1. The van der Waals surface area contributed by atoms with E-state index in [0.29, 0.717) is 17.7 Å². The van der Waals surface area contributed by atoms with Crippen LogP contribution < -0.4 is 10.6 Å². The summed E-state index contributed by atoms with van der Waals surface area (Å²) in [5.41, 5.74) is 1.79. The van der Waals surface area contributed by atoms with Crippen molar-refractivity contribution in [2.24, 2.45) is 0 Å². The molecule has 0 spiro atoms. The molecule has 4 aromatic rings. The molecule has 0 aliphatic heterocycles. The number of carbonyl (C=O) groups excluding carboxylic acids is 1. The molecule has 1 amide bonds. The zero-order chi connectivity index (χ0) is 24.5. The van der Waals surface area contributed by atoms with Crippen LogP contribution in [0.4, 0.5) is 19.0 Å². The first-order chi connectivity index (χ1) is 16.9. The minimum Gasteiger partial charge on any atom is -0.365 e. The average Bonchev–Trinajstić information content (AvgIpc) is 3.25. The van der Waals surface area contributed by atoms with E-state index in [1.165, 1.54) is 12.3 Å². The van der Waals surface area contributed by atoms with Crippen LogP contribution in [0.25, 0.3) is 22.3 Å². The molecule has 10 heteroatoms. The predicted octanol–water partition coefficient (Wildman–Crippen LogP) is 4.90. The van der Waals surface area contributed by atoms with Gasteiger partial charge in [0.25, 0.3) is 5.91 Å². The molecule has 35 heavy (non-hydrogen) atoms. The minimum atomic E-state index is -0.733. The van der Waals surface area contributed by atoms with Crippen molar-refractivity contribution in [3.05, 3.63) is 71.6 Å². The number of carbonyl (C=O) groups is 1. The zero-order valence-electron chi connectivity index (χ0n) is 18.9. The molecule has 1 fully saturated rings. The molecule has 0 saturated heterocycles. The van der Waals surface area contributed by atoms with Crippen LogP contribution in [-0.2, 0) is 0 Å². The van der Waals surface area contributed by atoms with Crippen molar-refractivity contribution in [3.8, 4) is 11.4 Å². The van der Waals surface area contributed by atoms with E-state index in [2.05, 4.69) is 30.6 Å². The Morgan fingerprint density at radius 2 is 1.91 bits per heavy atom. The van der Waals surface area contributed by atoms with Crippen LogP contribution in [0.3, 0.4) is 0 Å². The van der Waals surface area contributed by atoms with Gasteiger partial charge in [0, 0.05) is 41.5 Å². The number of pyridine rings is 1. The number of H-pyrrole nitrogens is 1. The molecular formula is C25H23F3N6O. The fourth-order valence-electron chi connectivity index (χ4n) is 4.50. The third kappa shape index (κ3) is 4.82. The molecule has 180 valence electrons. The number of halogens is 3. The standard InChI is InChI=1S/C25H23F3N6O/c1-13-5-6-29-21(7-13)25(35)33-16-4-2-3-15(10-16)32-24-20(28)12-31-23(34-24)18-11-30-22-17(18)8-14(26)9-19(22)27/h5-9,11-12,15-16,30H,2-4,10H2,1H3,(H,33,35)(H,31,32,34)/t15-,16?/m0/s1. The number of rotatable bonds is 5. The summed E-state index contributed by atoms with van der Waals surface area (Å²) in [6, 6.07) is 5.30. The van der Waals surface area contributed by atoms with Gasteiger partial charge in [0.2, 0.25) is 0 Å². The Morgan fingerprint density at radius 3 is 2.74 bits per heavy atom. The number of amides is 1. The molecule has 2 atom stereocenters. The van der Waals surface area contributed by atoms with Gasteiger partial charge in [-0.15, -0.1) is 0 Å². The number of aryl methyl sites for hydroxylation is 1. The van der Waals surface area contributed by atoms with E-state index in [1.807, 2.05) is 13.0 Å². The first kappa shape index (κ1) is 22.8. The normalized spacial score (nSPS) is 17.9. The topological polar surface area (TPSA) is 95.6 Å². The van der Waals surface area contributed by atoms with Gasteiger partial charge in [-0.2, -0.15) is 0 Å². The summed E-state index contributed by atoms with van der Waals surface area (Å²) in [6.45, 7) is 1.90. The van der Waals surface area contributed by atoms with E-state index in [0.717, 1.165) is 37.1 Å². The first-order valence-electron chi connectivity index (χ1n) is 11.4. The molecule has 5 rings (SSSR count). The maximum Gasteiger partial charge on any atom is 0.270 e. The van der Waals surface area contributed by atoms with Crippen LogP contribution in [0.15, 0.2) is 42.9 Å². The quantitative estimate of drug-likeness (QED) is 0.378. The number of hydrogen-bond donors (Lipinski definition) is 3. The van der Waals surface area contributed by atoms with Crippen molar-refractivity contribution in [1.82, 2.24) is 25.3 Å². The minimum absolute atomic E-state index is 0.00134. The number of nitrogens with one attached hydrogen (secondary N) is 3. The lowest BCUT2D eigenvalue weighted by Crippen LogP contribution is -2.42. The van der Waals surface area contributed by atoms with E-state index >= 15 is 0 Å². The monoisotopic (exact) mass is 480 g/mol. The Hall–Kier alpha value is -3.95. The van der Waals surface area contributed by atoms with Gasteiger partial charge in [0.1, 0.15) is 17.3 Å². The predicted molar refractivity (Wildman–Crippen MR) is 125 cm³/mol. The van der Waals surface area contributed by atoms with E-state index < -0.39 is 17.5 Å². The number of nitrogens with zero attached hydrogens (tertiary/aromatic N) is 3. The van der Waals surface area contributed by atoms with Crippen molar-refractivity contribution in [2.75, 3.05) is 5.32 Å². The second-order valence-electron chi connectivity index (χ2n) is 8.80. The Morgan fingerprint density at radius 1 is 1.09 bits per heavy atom. The van der Waals surface area contributed by atoms with Gasteiger partial charge in [-0.3, -0.25) is 9.78 Å². The van der Waals surface area contributed by atoms with Gasteiger partial charge in [0.15, 0.2) is 17.5 Å². The van der Waals surface area contributed by atoms with Crippen molar-refractivity contribution in [2.45, 2.75) is 44.7 Å².